The number of hydrogen-bond acceptors (Lipinski definition) is 5. The van der Waals surface area contributed by atoms with Crippen LogP contribution in [0.5, 0.6) is 0 Å². The van der Waals surface area contributed by atoms with Gasteiger partial charge in [0.1, 0.15) is 5.84 Å². The first-order valence-corrected chi connectivity index (χ1v) is 9.29. The van der Waals surface area contributed by atoms with E-state index in [4.69, 9.17) is 28.2 Å². The van der Waals surface area contributed by atoms with Gasteiger partial charge in [0.25, 0.3) is 0 Å². The molecular formula is C18H19Cl2N5. The summed E-state index contributed by atoms with van der Waals surface area (Å²) in [5, 5.41) is 16.4. The molecule has 1 fully saturated rings. The first-order valence-electron chi connectivity index (χ1n) is 8.53. The number of halogens is 2. The molecule has 2 aromatic rings. The fourth-order valence-corrected chi connectivity index (χ4v) is 3.92. The number of nitrogens with zero attached hydrogens (tertiary/aromatic N) is 3. The second kappa shape index (κ2) is 6.81. The van der Waals surface area contributed by atoms with Gasteiger partial charge in [0.15, 0.2) is 5.82 Å². The zero-order chi connectivity index (χ0) is 17.3. The number of rotatable bonds is 2. The molecule has 2 aliphatic rings. The second-order valence-corrected chi connectivity index (χ2v) is 7.41. The van der Waals surface area contributed by atoms with Crippen molar-refractivity contribution in [3.8, 4) is 0 Å². The Morgan fingerprint density at radius 1 is 1.08 bits per heavy atom. The topological polar surface area (TPSA) is 62.2 Å². The van der Waals surface area contributed by atoms with E-state index in [0.29, 0.717) is 22.4 Å². The Kier molecular flexibility index (Phi) is 4.52. The zero-order valence-electron chi connectivity index (χ0n) is 13.7. The summed E-state index contributed by atoms with van der Waals surface area (Å²) in [5.74, 6) is 1.57. The van der Waals surface area contributed by atoms with Crippen molar-refractivity contribution in [3.63, 3.8) is 0 Å². The van der Waals surface area contributed by atoms with Crippen molar-refractivity contribution in [2.24, 2.45) is 4.99 Å². The lowest BCUT2D eigenvalue weighted by atomic mass is 9.79. The lowest BCUT2D eigenvalue weighted by Crippen LogP contribution is -2.54. The fraction of sp³-hybridized carbons (Fsp3) is 0.389. The van der Waals surface area contributed by atoms with Crippen LogP contribution in [-0.4, -0.2) is 21.6 Å². The normalized spacial score (nSPS) is 18.2. The minimum atomic E-state index is -0.148. The summed E-state index contributed by atoms with van der Waals surface area (Å²) in [7, 11) is 0. The van der Waals surface area contributed by atoms with Crippen LogP contribution in [0.2, 0.25) is 10.0 Å². The van der Waals surface area contributed by atoms with E-state index in [0.717, 1.165) is 29.9 Å². The van der Waals surface area contributed by atoms with Gasteiger partial charge in [-0.3, -0.25) is 0 Å². The molecule has 1 aromatic carbocycles. The van der Waals surface area contributed by atoms with Gasteiger partial charge in [-0.2, -0.15) is 5.10 Å². The van der Waals surface area contributed by atoms with Crippen molar-refractivity contribution in [1.29, 1.82) is 0 Å². The Bertz CT molecular complexity index is 815. The molecule has 1 saturated carbocycles. The van der Waals surface area contributed by atoms with Gasteiger partial charge in [-0.05, 0) is 36.6 Å². The number of hydrogen-bond donors (Lipinski definition) is 2. The number of amidine groups is 1. The third kappa shape index (κ3) is 3.31. The highest BCUT2D eigenvalue weighted by molar-refractivity contribution is 6.42. The van der Waals surface area contributed by atoms with Crippen LogP contribution >= 0.6 is 23.2 Å². The average Bonchev–Trinajstić information content (AvgIpc) is 2.63. The predicted octanol–water partition coefficient (Wildman–Crippen LogP) is 4.73. The van der Waals surface area contributed by atoms with Gasteiger partial charge < -0.3 is 10.6 Å². The average molecular weight is 376 g/mol. The van der Waals surface area contributed by atoms with E-state index < -0.39 is 0 Å². The number of nitrogens with one attached hydrogen (secondary N) is 2. The highest BCUT2D eigenvalue weighted by Crippen LogP contribution is 2.39. The largest absolute Gasteiger partial charge is 0.369 e. The summed E-state index contributed by atoms with van der Waals surface area (Å²) in [5.41, 5.74) is 1.87. The summed E-state index contributed by atoms with van der Waals surface area (Å²) in [4.78, 5) is 4.79. The van der Waals surface area contributed by atoms with Crippen LogP contribution < -0.4 is 10.6 Å². The van der Waals surface area contributed by atoms with Crippen LogP contribution in [-0.2, 0) is 6.54 Å². The van der Waals surface area contributed by atoms with Crippen LogP contribution in [0.1, 0.15) is 37.7 Å². The highest BCUT2D eigenvalue weighted by atomic mass is 35.5. The molecule has 0 saturated heterocycles. The number of anilines is 1. The number of aliphatic imine (C=N–C) groups is 1. The van der Waals surface area contributed by atoms with E-state index in [-0.39, 0.29) is 5.54 Å². The summed E-state index contributed by atoms with van der Waals surface area (Å²) >= 11 is 12.1. The Labute approximate surface area is 156 Å². The van der Waals surface area contributed by atoms with Crippen LogP contribution in [0.15, 0.2) is 35.5 Å². The molecule has 2 N–H and O–H groups in total. The summed E-state index contributed by atoms with van der Waals surface area (Å²) in [6.45, 7) is 0.634. The Balaban J connectivity index is 1.62. The minimum Gasteiger partial charge on any atom is -0.369 e. The van der Waals surface area contributed by atoms with Crippen molar-refractivity contribution < 1.29 is 0 Å². The molecule has 25 heavy (non-hydrogen) atoms. The Morgan fingerprint density at radius 2 is 1.92 bits per heavy atom. The van der Waals surface area contributed by atoms with Crippen LogP contribution in [0, 0.1) is 0 Å². The Morgan fingerprint density at radius 3 is 2.72 bits per heavy atom. The molecule has 0 bridgehead atoms. The molecule has 0 unspecified atom stereocenters. The van der Waals surface area contributed by atoms with Gasteiger partial charge in [0.2, 0.25) is 0 Å². The van der Waals surface area contributed by atoms with E-state index in [1.165, 1.54) is 19.3 Å². The highest BCUT2D eigenvalue weighted by Gasteiger charge is 2.40. The Hall–Kier alpha value is -1.85. The van der Waals surface area contributed by atoms with E-state index in [1.54, 1.807) is 6.20 Å². The van der Waals surface area contributed by atoms with E-state index in [9.17, 15) is 0 Å². The maximum Gasteiger partial charge on any atom is 0.199 e. The van der Waals surface area contributed by atoms with Crippen LogP contribution in [0.25, 0.3) is 0 Å². The molecule has 0 amide bonds. The second-order valence-electron chi connectivity index (χ2n) is 6.60. The number of fused-ring (bicyclic) bond motifs is 1. The maximum atomic E-state index is 6.12. The van der Waals surface area contributed by atoms with Gasteiger partial charge >= 0.3 is 0 Å². The predicted molar refractivity (Wildman–Crippen MR) is 102 cm³/mol. The van der Waals surface area contributed by atoms with Crippen LogP contribution in [0.4, 0.5) is 11.5 Å². The molecule has 5 nitrogen and oxygen atoms in total. The minimum absolute atomic E-state index is 0.148. The molecule has 7 heteroatoms. The first-order chi connectivity index (χ1) is 12.2. The number of aromatic nitrogens is 2. The maximum absolute atomic E-state index is 6.12. The number of benzene rings is 1. The molecule has 0 radical (unpaired) electrons. The lowest BCUT2D eigenvalue weighted by Gasteiger charge is -2.42. The van der Waals surface area contributed by atoms with Crippen molar-refractivity contribution in [2.45, 2.75) is 44.2 Å². The third-order valence-corrected chi connectivity index (χ3v) is 5.64. The SMILES string of the molecule is Clc1ccc(CNC2=Nc3nnccc3NC23CCCCC3)cc1Cl. The standard InChI is InChI=1S/C18H19Cl2N5/c19-13-5-4-12(10-14(13)20)11-21-17-18(7-2-1-3-8-18)24-15-6-9-22-25-16(15)23-17/h4-6,9-10,24H,1-3,7-8,11H2,(H,21,23,25). The molecule has 130 valence electrons. The molecule has 1 aliphatic carbocycles. The molecule has 1 aromatic heterocycles. The van der Waals surface area contributed by atoms with E-state index in [2.05, 4.69) is 20.8 Å². The molecule has 1 aliphatic heterocycles. The first kappa shape index (κ1) is 16.6. The molecular weight excluding hydrogens is 357 g/mol. The fourth-order valence-electron chi connectivity index (χ4n) is 3.60. The lowest BCUT2D eigenvalue weighted by molar-refractivity contribution is 0.396. The zero-order valence-corrected chi connectivity index (χ0v) is 15.2. The van der Waals surface area contributed by atoms with Crippen molar-refractivity contribution in [1.82, 2.24) is 15.5 Å². The van der Waals surface area contributed by atoms with Crippen molar-refractivity contribution in [3.05, 3.63) is 46.1 Å². The van der Waals surface area contributed by atoms with Gasteiger partial charge in [-0.25, -0.2) is 4.99 Å². The van der Waals surface area contributed by atoms with E-state index in [1.807, 2.05) is 24.3 Å². The summed E-state index contributed by atoms with van der Waals surface area (Å²) in [6, 6.07) is 7.62. The monoisotopic (exact) mass is 375 g/mol. The van der Waals surface area contributed by atoms with Gasteiger partial charge in [0, 0.05) is 6.54 Å². The quantitative estimate of drug-likeness (QED) is 0.795. The van der Waals surface area contributed by atoms with E-state index >= 15 is 0 Å². The summed E-state index contributed by atoms with van der Waals surface area (Å²) in [6.07, 6.45) is 7.46. The van der Waals surface area contributed by atoms with Crippen molar-refractivity contribution in [2.75, 3.05) is 5.32 Å². The molecule has 1 spiro atoms. The summed E-state index contributed by atoms with van der Waals surface area (Å²) < 4.78 is 0. The van der Waals surface area contributed by atoms with Crippen molar-refractivity contribution >= 4 is 40.5 Å². The molecule has 2 heterocycles. The molecule has 4 rings (SSSR count). The van der Waals surface area contributed by atoms with Gasteiger partial charge in [0.05, 0.1) is 27.5 Å². The smallest absolute Gasteiger partial charge is 0.199 e. The molecule has 0 atom stereocenters. The van der Waals surface area contributed by atoms with Gasteiger partial charge in [-0.15, -0.1) is 5.10 Å². The third-order valence-electron chi connectivity index (χ3n) is 4.90. The van der Waals surface area contributed by atoms with Gasteiger partial charge in [-0.1, -0.05) is 48.5 Å². The van der Waals surface area contributed by atoms with Crippen LogP contribution in [0.3, 0.4) is 0 Å².